The number of nitrogens with one attached hydrogen (secondary N) is 1. The summed E-state index contributed by atoms with van der Waals surface area (Å²) in [7, 11) is 0. The van der Waals surface area contributed by atoms with Crippen molar-refractivity contribution in [3.8, 4) is 18.4 Å². The maximum atomic E-state index is 11.4. The average Bonchev–Trinajstić information content (AvgIpc) is 2.30. The normalized spacial score (nSPS) is 8.88. The van der Waals surface area contributed by atoms with E-state index < -0.39 is 0 Å². The summed E-state index contributed by atoms with van der Waals surface area (Å²) in [5.74, 6) is 2.40. The van der Waals surface area contributed by atoms with Gasteiger partial charge >= 0.3 is 0 Å². The van der Waals surface area contributed by atoms with Gasteiger partial charge in [0.1, 0.15) is 0 Å². The molecule has 3 nitrogen and oxygen atoms in total. The number of amides is 1. The molecule has 0 spiro atoms. The average molecular weight is 212 g/mol. The highest BCUT2D eigenvalue weighted by Crippen LogP contribution is 2.03. The number of benzene rings is 1. The zero-order chi connectivity index (χ0) is 11.8. The van der Waals surface area contributed by atoms with Gasteiger partial charge in [-0.15, -0.1) is 12.3 Å². The molecule has 16 heavy (non-hydrogen) atoms. The molecule has 0 aromatic heterocycles. The van der Waals surface area contributed by atoms with Crippen LogP contribution in [0.1, 0.15) is 17.5 Å². The Morgan fingerprint density at radius 2 is 2.06 bits per heavy atom. The van der Waals surface area contributed by atoms with Gasteiger partial charge in [0.25, 0.3) is 0 Å². The monoisotopic (exact) mass is 212 g/mol. The van der Waals surface area contributed by atoms with Crippen LogP contribution in [0.5, 0.6) is 0 Å². The summed E-state index contributed by atoms with van der Waals surface area (Å²) in [5, 5.41) is 11.3. The number of rotatable bonds is 4. The summed E-state index contributed by atoms with van der Waals surface area (Å²) in [4.78, 5) is 11.4. The van der Waals surface area contributed by atoms with Crippen molar-refractivity contribution in [1.82, 2.24) is 5.32 Å². The van der Waals surface area contributed by atoms with Crippen LogP contribution >= 0.6 is 0 Å². The molecule has 80 valence electrons. The molecule has 0 heterocycles. The van der Waals surface area contributed by atoms with Gasteiger partial charge in [-0.1, -0.05) is 12.1 Å². The van der Waals surface area contributed by atoms with Crippen molar-refractivity contribution in [2.24, 2.45) is 0 Å². The number of nitriles is 1. The molecule has 0 radical (unpaired) electrons. The van der Waals surface area contributed by atoms with Crippen LogP contribution in [0.25, 0.3) is 0 Å². The van der Waals surface area contributed by atoms with Gasteiger partial charge in [0.2, 0.25) is 5.91 Å². The smallest absolute Gasteiger partial charge is 0.224 e. The van der Waals surface area contributed by atoms with E-state index in [4.69, 9.17) is 11.7 Å². The van der Waals surface area contributed by atoms with E-state index >= 15 is 0 Å². The van der Waals surface area contributed by atoms with Crippen LogP contribution in [0, 0.1) is 23.7 Å². The summed E-state index contributed by atoms with van der Waals surface area (Å²) >= 11 is 0. The Balaban J connectivity index is 2.45. The van der Waals surface area contributed by atoms with Crippen LogP contribution in [0.2, 0.25) is 0 Å². The fourth-order valence-electron chi connectivity index (χ4n) is 1.22. The second kappa shape index (κ2) is 6.27. The van der Waals surface area contributed by atoms with E-state index in [1.807, 2.05) is 6.07 Å². The van der Waals surface area contributed by atoms with E-state index in [2.05, 4.69) is 11.2 Å². The third-order valence-electron chi connectivity index (χ3n) is 2.04. The zero-order valence-corrected chi connectivity index (χ0v) is 8.86. The van der Waals surface area contributed by atoms with E-state index in [-0.39, 0.29) is 5.91 Å². The molecular weight excluding hydrogens is 200 g/mol. The van der Waals surface area contributed by atoms with E-state index in [0.717, 1.165) is 5.56 Å². The highest BCUT2D eigenvalue weighted by atomic mass is 16.1. The minimum absolute atomic E-state index is 0.0556. The Morgan fingerprint density at radius 3 is 2.62 bits per heavy atom. The van der Waals surface area contributed by atoms with Crippen LogP contribution in [-0.4, -0.2) is 12.5 Å². The molecule has 1 amide bonds. The first-order valence-corrected chi connectivity index (χ1v) is 4.95. The van der Waals surface area contributed by atoms with E-state index in [1.54, 1.807) is 24.3 Å². The summed E-state index contributed by atoms with van der Waals surface area (Å²) in [5.41, 5.74) is 1.48. The first-order chi connectivity index (χ1) is 7.76. The molecular formula is C13H12N2O. The molecule has 0 atom stereocenters. The second-order valence-corrected chi connectivity index (χ2v) is 3.29. The summed E-state index contributed by atoms with van der Waals surface area (Å²) in [6, 6.07) is 8.98. The predicted octanol–water partition coefficient (Wildman–Crippen LogP) is 1.24. The van der Waals surface area contributed by atoms with Crippen molar-refractivity contribution in [1.29, 1.82) is 5.26 Å². The number of hydrogen-bond donors (Lipinski definition) is 1. The van der Waals surface area contributed by atoms with Gasteiger partial charge in [-0.3, -0.25) is 4.79 Å². The standard InChI is InChI=1S/C13H12N2O/c1-2-3-8-15-13(16)9-11-4-6-12(10-14)7-5-11/h1,4-7H,3,8-9H2,(H,15,16). The molecule has 0 aliphatic carbocycles. The van der Waals surface area contributed by atoms with Crippen molar-refractivity contribution in [3.05, 3.63) is 35.4 Å². The zero-order valence-electron chi connectivity index (χ0n) is 8.86. The molecule has 0 bridgehead atoms. The Morgan fingerprint density at radius 1 is 1.38 bits per heavy atom. The Bertz CT molecular complexity index is 434. The van der Waals surface area contributed by atoms with E-state index in [1.165, 1.54) is 0 Å². The van der Waals surface area contributed by atoms with Gasteiger partial charge < -0.3 is 5.32 Å². The van der Waals surface area contributed by atoms with Crippen LogP contribution in [0.15, 0.2) is 24.3 Å². The molecule has 1 rings (SSSR count). The van der Waals surface area contributed by atoms with Crippen LogP contribution in [0.3, 0.4) is 0 Å². The summed E-state index contributed by atoms with van der Waals surface area (Å²) in [6.07, 6.45) is 5.92. The molecule has 0 unspecified atom stereocenters. The number of nitrogens with zero attached hydrogens (tertiary/aromatic N) is 1. The van der Waals surface area contributed by atoms with Crippen molar-refractivity contribution < 1.29 is 4.79 Å². The van der Waals surface area contributed by atoms with Gasteiger partial charge in [0.15, 0.2) is 0 Å². The van der Waals surface area contributed by atoms with E-state index in [0.29, 0.717) is 24.9 Å². The number of terminal acetylenes is 1. The van der Waals surface area contributed by atoms with Gasteiger partial charge in [-0.25, -0.2) is 0 Å². The minimum atomic E-state index is -0.0556. The van der Waals surface area contributed by atoms with Crippen LogP contribution in [-0.2, 0) is 11.2 Å². The molecule has 0 saturated carbocycles. The first-order valence-electron chi connectivity index (χ1n) is 4.95. The first kappa shape index (κ1) is 11.8. The lowest BCUT2D eigenvalue weighted by Gasteiger charge is -2.03. The molecule has 0 saturated heterocycles. The molecule has 0 aliphatic heterocycles. The van der Waals surface area contributed by atoms with Crippen molar-refractivity contribution >= 4 is 5.91 Å². The van der Waals surface area contributed by atoms with E-state index in [9.17, 15) is 4.79 Å². The van der Waals surface area contributed by atoms with Crippen molar-refractivity contribution in [2.45, 2.75) is 12.8 Å². The van der Waals surface area contributed by atoms with Crippen LogP contribution in [0.4, 0.5) is 0 Å². The Labute approximate surface area is 95.1 Å². The maximum Gasteiger partial charge on any atom is 0.224 e. The van der Waals surface area contributed by atoms with Gasteiger partial charge in [0, 0.05) is 13.0 Å². The molecule has 0 fully saturated rings. The summed E-state index contributed by atoms with van der Waals surface area (Å²) < 4.78 is 0. The topological polar surface area (TPSA) is 52.9 Å². The largest absolute Gasteiger partial charge is 0.355 e. The molecule has 3 heteroatoms. The predicted molar refractivity (Wildman–Crippen MR) is 61.3 cm³/mol. The number of carbonyl (C=O) groups is 1. The minimum Gasteiger partial charge on any atom is -0.355 e. The molecule has 1 aromatic carbocycles. The Kier molecular flexibility index (Phi) is 4.63. The van der Waals surface area contributed by atoms with Gasteiger partial charge in [-0.05, 0) is 17.7 Å². The third-order valence-corrected chi connectivity index (χ3v) is 2.04. The lowest BCUT2D eigenvalue weighted by molar-refractivity contribution is -0.120. The van der Waals surface area contributed by atoms with Crippen LogP contribution < -0.4 is 5.32 Å². The number of hydrogen-bond acceptors (Lipinski definition) is 2. The highest BCUT2D eigenvalue weighted by Gasteiger charge is 2.02. The Hall–Kier alpha value is -2.26. The lowest BCUT2D eigenvalue weighted by atomic mass is 10.1. The second-order valence-electron chi connectivity index (χ2n) is 3.29. The summed E-state index contributed by atoms with van der Waals surface area (Å²) in [6.45, 7) is 0.506. The lowest BCUT2D eigenvalue weighted by Crippen LogP contribution is -2.25. The SMILES string of the molecule is C#CCCNC(=O)Cc1ccc(C#N)cc1. The molecule has 1 aromatic rings. The number of carbonyl (C=O) groups excluding carboxylic acids is 1. The third kappa shape index (κ3) is 3.86. The quantitative estimate of drug-likeness (QED) is 0.603. The molecule has 0 aliphatic rings. The fraction of sp³-hybridized carbons (Fsp3) is 0.231. The van der Waals surface area contributed by atoms with Crippen molar-refractivity contribution in [2.75, 3.05) is 6.54 Å². The maximum absolute atomic E-state index is 11.4. The van der Waals surface area contributed by atoms with Gasteiger partial charge in [-0.2, -0.15) is 5.26 Å². The fourth-order valence-corrected chi connectivity index (χ4v) is 1.22. The highest BCUT2D eigenvalue weighted by molar-refractivity contribution is 5.78. The van der Waals surface area contributed by atoms with Gasteiger partial charge in [0.05, 0.1) is 18.1 Å². The van der Waals surface area contributed by atoms with Crippen molar-refractivity contribution in [3.63, 3.8) is 0 Å². The molecule has 1 N–H and O–H groups in total.